The van der Waals surface area contributed by atoms with Crippen LogP contribution in [0.2, 0.25) is 0 Å². The maximum absolute atomic E-state index is 12.3. The van der Waals surface area contributed by atoms with E-state index in [1.54, 1.807) is 37.3 Å². The molecule has 2 aromatic rings. The first kappa shape index (κ1) is 19.8. The fourth-order valence-electron chi connectivity index (χ4n) is 2.75. The van der Waals surface area contributed by atoms with Gasteiger partial charge in [-0.1, -0.05) is 12.1 Å². The third kappa shape index (κ3) is 4.67. The van der Waals surface area contributed by atoms with Crippen molar-refractivity contribution in [3.8, 4) is 0 Å². The number of nitrogens with one attached hydrogen (secondary N) is 1. The van der Waals surface area contributed by atoms with E-state index in [4.69, 9.17) is 4.74 Å². The molecule has 1 heterocycles. The van der Waals surface area contributed by atoms with E-state index in [1.165, 1.54) is 24.5 Å². The first-order chi connectivity index (χ1) is 13.5. The molecule has 7 heteroatoms. The molecule has 1 aliphatic carbocycles. The van der Waals surface area contributed by atoms with E-state index < -0.39 is 11.9 Å². The topological polar surface area (TPSA) is 81.7 Å². The molecule has 0 atom stereocenters. The van der Waals surface area contributed by atoms with E-state index in [0.29, 0.717) is 22.0 Å². The number of carbonyl (C=O) groups excluding carboxylic acids is 3. The molecular weight excluding hydrogens is 378 g/mol. The predicted molar refractivity (Wildman–Crippen MR) is 108 cm³/mol. The highest BCUT2D eigenvalue weighted by molar-refractivity contribution is 7.15. The van der Waals surface area contributed by atoms with Crippen molar-refractivity contribution >= 4 is 40.3 Å². The van der Waals surface area contributed by atoms with Crippen LogP contribution in [0.25, 0.3) is 6.08 Å². The molecule has 1 aliphatic rings. The Bertz CT molecular complexity index is 909. The third-order valence-electron chi connectivity index (χ3n) is 4.31. The zero-order valence-electron chi connectivity index (χ0n) is 15.7. The van der Waals surface area contributed by atoms with Crippen molar-refractivity contribution in [1.29, 1.82) is 0 Å². The van der Waals surface area contributed by atoms with E-state index in [1.807, 2.05) is 5.38 Å². The van der Waals surface area contributed by atoms with Gasteiger partial charge in [-0.15, -0.1) is 11.3 Å². The smallest absolute Gasteiger partial charge is 0.341 e. The van der Waals surface area contributed by atoms with Crippen LogP contribution in [-0.4, -0.2) is 31.6 Å². The lowest BCUT2D eigenvalue weighted by Gasteiger charge is -2.07. The second kappa shape index (κ2) is 8.84. The molecule has 3 rings (SSSR count). The second-order valence-corrected chi connectivity index (χ2v) is 7.21. The Kier molecular flexibility index (Phi) is 6.26. The fourth-order valence-corrected chi connectivity index (χ4v) is 3.78. The predicted octanol–water partition coefficient (Wildman–Crippen LogP) is 4.24. The number of hydrogen-bond acceptors (Lipinski definition) is 6. The molecule has 0 bridgehead atoms. The van der Waals surface area contributed by atoms with Crippen molar-refractivity contribution in [2.45, 2.75) is 25.7 Å². The Labute approximate surface area is 167 Å². The van der Waals surface area contributed by atoms with E-state index in [-0.39, 0.29) is 12.5 Å². The molecular formula is C21H21NO5S. The molecule has 1 saturated carbocycles. The highest BCUT2D eigenvalue weighted by Crippen LogP contribution is 2.46. The van der Waals surface area contributed by atoms with Gasteiger partial charge in [-0.25, -0.2) is 9.59 Å². The molecule has 1 N–H and O–H groups in total. The zero-order valence-corrected chi connectivity index (χ0v) is 16.5. The van der Waals surface area contributed by atoms with Crippen molar-refractivity contribution < 1.29 is 23.9 Å². The third-order valence-corrected chi connectivity index (χ3v) is 5.23. The summed E-state index contributed by atoms with van der Waals surface area (Å²) in [5.41, 5.74) is 2.63. The number of rotatable bonds is 7. The molecule has 0 aliphatic heterocycles. The van der Waals surface area contributed by atoms with E-state index in [2.05, 4.69) is 10.1 Å². The summed E-state index contributed by atoms with van der Waals surface area (Å²) >= 11 is 1.34. The normalized spacial score (nSPS) is 13.4. The molecule has 1 aromatic carbocycles. The van der Waals surface area contributed by atoms with E-state index >= 15 is 0 Å². The Morgan fingerprint density at radius 3 is 2.50 bits per heavy atom. The van der Waals surface area contributed by atoms with Gasteiger partial charge in [0.1, 0.15) is 5.00 Å². The Balaban J connectivity index is 1.70. The lowest BCUT2D eigenvalue weighted by Crippen LogP contribution is -2.13. The number of carbonyl (C=O) groups is 3. The molecule has 146 valence electrons. The van der Waals surface area contributed by atoms with Gasteiger partial charge < -0.3 is 14.8 Å². The minimum atomic E-state index is -0.413. The van der Waals surface area contributed by atoms with Crippen molar-refractivity contribution in [2.24, 2.45) is 0 Å². The molecule has 0 unspecified atom stereocenters. The van der Waals surface area contributed by atoms with Crippen LogP contribution in [0.3, 0.4) is 0 Å². The number of anilines is 1. The molecule has 0 spiro atoms. The Morgan fingerprint density at radius 2 is 1.89 bits per heavy atom. The summed E-state index contributed by atoms with van der Waals surface area (Å²) in [6.07, 6.45) is 5.13. The number of hydrogen-bond donors (Lipinski definition) is 1. The first-order valence-electron chi connectivity index (χ1n) is 8.99. The maximum atomic E-state index is 12.3. The first-order valence-corrected chi connectivity index (χ1v) is 9.87. The van der Waals surface area contributed by atoms with Gasteiger partial charge in [0.15, 0.2) is 0 Å². The minimum Gasteiger partial charge on any atom is -0.465 e. The van der Waals surface area contributed by atoms with Crippen LogP contribution in [0, 0.1) is 0 Å². The summed E-state index contributed by atoms with van der Waals surface area (Å²) < 4.78 is 9.81. The number of methoxy groups -OCH3 is 1. The minimum absolute atomic E-state index is 0.285. The summed E-state index contributed by atoms with van der Waals surface area (Å²) in [5, 5.41) is 5.22. The molecule has 1 amide bonds. The number of benzene rings is 1. The fraction of sp³-hybridized carbons (Fsp3) is 0.286. The highest BCUT2D eigenvalue weighted by atomic mass is 32.1. The number of amides is 1. The van der Waals surface area contributed by atoms with E-state index in [9.17, 15) is 14.4 Å². The van der Waals surface area contributed by atoms with Crippen LogP contribution in [-0.2, 0) is 14.3 Å². The van der Waals surface area contributed by atoms with Crippen LogP contribution in [0.1, 0.15) is 57.5 Å². The van der Waals surface area contributed by atoms with Crippen molar-refractivity contribution in [2.75, 3.05) is 19.0 Å². The standard InChI is InChI=1S/C21H21NO5S/c1-3-27-21(25)18-16(14-9-10-14)12-28-19(18)22-17(23)11-6-13-4-7-15(8-5-13)20(24)26-2/h4-8,11-12,14H,3,9-10H2,1-2H3,(H,22,23)/b11-6+. The van der Waals surface area contributed by atoms with E-state index in [0.717, 1.165) is 24.0 Å². The van der Waals surface area contributed by atoms with Gasteiger partial charge in [0.2, 0.25) is 5.91 Å². The van der Waals surface area contributed by atoms with Crippen LogP contribution in [0.15, 0.2) is 35.7 Å². The maximum Gasteiger partial charge on any atom is 0.341 e. The number of esters is 2. The van der Waals surface area contributed by atoms with Gasteiger partial charge in [0.25, 0.3) is 0 Å². The van der Waals surface area contributed by atoms with Crippen molar-refractivity contribution in [3.05, 3.63) is 58.0 Å². The number of ether oxygens (including phenoxy) is 2. The highest BCUT2D eigenvalue weighted by Gasteiger charge is 2.32. The lowest BCUT2D eigenvalue weighted by molar-refractivity contribution is -0.111. The van der Waals surface area contributed by atoms with Crippen LogP contribution in [0.5, 0.6) is 0 Å². The van der Waals surface area contributed by atoms with Gasteiger partial charge in [-0.05, 0) is 60.4 Å². The van der Waals surface area contributed by atoms with Gasteiger partial charge >= 0.3 is 11.9 Å². The van der Waals surface area contributed by atoms with Gasteiger partial charge in [-0.3, -0.25) is 4.79 Å². The summed E-state index contributed by atoms with van der Waals surface area (Å²) in [6.45, 7) is 2.04. The second-order valence-electron chi connectivity index (χ2n) is 6.33. The van der Waals surface area contributed by atoms with Crippen molar-refractivity contribution in [1.82, 2.24) is 0 Å². The molecule has 0 radical (unpaired) electrons. The Hall–Kier alpha value is -2.93. The zero-order chi connectivity index (χ0) is 20.1. The summed E-state index contributed by atoms with van der Waals surface area (Å²) in [6, 6.07) is 6.69. The van der Waals surface area contributed by atoms with Crippen LogP contribution < -0.4 is 5.32 Å². The molecule has 1 aromatic heterocycles. The van der Waals surface area contributed by atoms with Crippen LogP contribution in [0.4, 0.5) is 5.00 Å². The molecule has 1 fully saturated rings. The lowest BCUT2D eigenvalue weighted by atomic mass is 10.1. The summed E-state index contributed by atoms with van der Waals surface area (Å²) in [7, 11) is 1.32. The van der Waals surface area contributed by atoms with Crippen molar-refractivity contribution in [3.63, 3.8) is 0 Å². The van der Waals surface area contributed by atoms with Gasteiger partial charge in [0.05, 0.1) is 24.8 Å². The summed E-state index contributed by atoms with van der Waals surface area (Å²) in [5.74, 6) is -0.774. The van der Waals surface area contributed by atoms with Gasteiger partial charge in [-0.2, -0.15) is 0 Å². The quantitative estimate of drug-likeness (QED) is 0.556. The SMILES string of the molecule is CCOC(=O)c1c(C2CC2)csc1NC(=O)/C=C/c1ccc(C(=O)OC)cc1. The molecule has 0 saturated heterocycles. The Morgan fingerprint density at radius 1 is 1.18 bits per heavy atom. The average Bonchev–Trinajstić information content (AvgIpc) is 3.46. The monoisotopic (exact) mass is 399 g/mol. The average molecular weight is 399 g/mol. The molecule has 6 nitrogen and oxygen atoms in total. The van der Waals surface area contributed by atoms with Crippen LogP contribution >= 0.6 is 11.3 Å². The molecule has 28 heavy (non-hydrogen) atoms. The number of thiophene rings is 1. The largest absolute Gasteiger partial charge is 0.465 e. The summed E-state index contributed by atoms with van der Waals surface area (Å²) in [4.78, 5) is 36.1. The van der Waals surface area contributed by atoms with Gasteiger partial charge in [0, 0.05) is 6.08 Å².